The molecule has 2 aliphatic rings. The molecule has 1 saturated heterocycles. The molecule has 132 valence electrons. The van der Waals surface area contributed by atoms with Crippen LogP contribution in [0.15, 0.2) is 12.3 Å². The Labute approximate surface area is 140 Å². The number of nitrogens with zero attached hydrogens (tertiary/aromatic N) is 2. The Kier molecular flexibility index (Phi) is 9.33. The molecule has 0 aromatic carbocycles. The van der Waals surface area contributed by atoms with Crippen LogP contribution >= 0.6 is 0 Å². The van der Waals surface area contributed by atoms with E-state index in [4.69, 9.17) is 0 Å². The van der Waals surface area contributed by atoms with E-state index in [1.807, 2.05) is 27.7 Å². The molecule has 3 heteroatoms. The zero-order valence-electron chi connectivity index (χ0n) is 16.8. The molecular formula is C19H41N3. The molecule has 3 unspecified atom stereocenters. The average Bonchev–Trinajstić information content (AvgIpc) is 3.05. The molecule has 2 rings (SSSR count). The summed E-state index contributed by atoms with van der Waals surface area (Å²) in [7, 11) is 2.25. The van der Waals surface area contributed by atoms with Crippen molar-refractivity contribution in [3.63, 3.8) is 0 Å². The fourth-order valence-electron chi connectivity index (χ4n) is 3.07. The van der Waals surface area contributed by atoms with E-state index in [-0.39, 0.29) is 5.41 Å². The van der Waals surface area contributed by atoms with Gasteiger partial charge in [-0.3, -0.25) is 0 Å². The monoisotopic (exact) mass is 311 g/mol. The molecule has 1 fully saturated rings. The molecule has 0 radical (unpaired) electrons. The lowest BCUT2D eigenvalue weighted by Crippen LogP contribution is -2.45. The first-order chi connectivity index (χ1) is 10.3. The highest BCUT2D eigenvalue weighted by Gasteiger charge is 2.35. The quantitative estimate of drug-likeness (QED) is 0.809. The molecule has 0 amide bonds. The summed E-state index contributed by atoms with van der Waals surface area (Å²) in [6.07, 6.45) is 5.84. The van der Waals surface area contributed by atoms with E-state index < -0.39 is 0 Å². The van der Waals surface area contributed by atoms with Crippen LogP contribution in [0, 0.1) is 11.3 Å². The second-order valence-corrected chi connectivity index (χ2v) is 7.22. The van der Waals surface area contributed by atoms with Crippen molar-refractivity contribution in [1.82, 2.24) is 15.3 Å². The molecule has 0 aromatic rings. The van der Waals surface area contributed by atoms with Gasteiger partial charge in [0.2, 0.25) is 0 Å². The fourth-order valence-corrected chi connectivity index (χ4v) is 3.07. The Morgan fingerprint density at radius 3 is 2.00 bits per heavy atom. The molecule has 22 heavy (non-hydrogen) atoms. The molecule has 0 spiro atoms. The standard InChI is InChI=1S/C15H29N3.2C2H6/c1-11-9-13(12(2)17(11)6)10-18-8-7-14(16-18)15(3,4)5;2*1-2/h7-8,11-14,16H,9-10H2,1-6H3;2*1-2H3/t11?,12-,13?,14?;;/m1../s1. The maximum atomic E-state index is 3.61. The van der Waals surface area contributed by atoms with E-state index in [1.54, 1.807) is 0 Å². The van der Waals surface area contributed by atoms with Gasteiger partial charge in [-0.05, 0) is 44.7 Å². The largest absolute Gasteiger partial charge is 0.315 e. The van der Waals surface area contributed by atoms with Gasteiger partial charge in [0.05, 0.1) is 6.04 Å². The summed E-state index contributed by atoms with van der Waals surface area (Å²) in [5.74, 6) is 0.765. The summed E-state index contributed by atoms with van der Waals surface area (Å²) < 4.78 is 0. The van der Waals surface area contributed by atoms with Gasteiger partial charge in [0, 0.05) is 24.8 Å². The van der Waals surface area contributed by atoms with Crippen LogP contribution in [-0.2, 0) is 0 Å². The average molecular weight is 312 g/mol. The van der Waals surface area contributed by atoms with Crippen molar-refractivity contribution in [2.75, 3.05) is 13.6 Å². The maximum Gasteiger partial charge on any atom is 0.0508 e. The minimum atomic E-state index is 0.288. The third-order valence-electron chi connectivity index (χ3n) is 4.79. The minimum Gasteiger partial charge on any atom is -0.315 e. The number of hydrazine groups is 1. The zero-order valence-corrected chi connectivity index (χ0v) is 16.8. The molecule has 0 aromatic heterocycles. The number of likely N-dealkylation sites (tertiary alicyclic amines) is 1. The van der Waals surface area contributed by atoms with Crippen LogP contribution in [0.5, 0.6) is 0 Å². The van der Waals surface area contributed by atoms with E-state index in [9.17, 15) is 0 Å². The predicted octanol–water partition coefficient (Wildman–Crippen LogP) is 4.52. The highest BCUT2D eigenvalue weighted by atomic mass is 15.5. The fraction of sp³-hybridized carbons (Fsp3) is 0.895. The van der Waals surface area contributed by atoms with Crippen LogP contribution in [0.4, 0.5) is 0 Å². The minimum absolute atomic E-state index is 0.288. The molecule has 2 aliphatic heterocycles. The highest BCUT2D eigenvalue weighted by Crippen LogP contribution is 2.30. The summed E-state index contributed by atoms with van der Waals surface area (Å²) in [5, 5.41) is 2.29. The SMILES string of the molecule is CC.CC.CC1CC(CN2C=CC(C(C)(C)C)N2)[C@@H](C)N1C. The Hall–Kier alpha value is -0.540. The summed E-state index contributed by atoms with van der Waals surface area (Å²) in [6.45, 7) is 20.7. The van der Waals surface area contributed by atoms with Crippen molar-refractivity contribution >= 4 is 0 Å². The van der Waals surface area contributed by atoms with Gasteiger partial charge in [-0.25, -0.2) is 5.43 Å². The summed E-state index contributed by atoms with van der Waals surface area (Å²) in [6, 6.07) is 1.86. The van der Waals surface area contributed by atoms with Gasteiger partial charge in [-0.2, -0.15) is 0 Å². The normalized spacial score (nSPS) is 31.5. The first kappa shape index (κ1) is 21.5. The number of hydrogen-bond acceptors (Lipinski definition) is 3. The van der Waals surface area contributed by atoms with Gasteiger partial charge in [0.1, 0.15) is 0 Å². The van der Waals surface area contributed by atoms with E-state index in [2.05, 4.69) is 69.3 Å². The number of nitrogens with one attached hydrogen (secondary N) is 1. The van der Waals surface area contributed by atoms with Crippen LogP contribution in [0.3, 0.4) is 0 Å². The van der Waals surface area contributed by atoms with E-state index in [0.29, 0.717) is 12.1 Å². The molecule has 0 aliphatic carbocycles. The van der Waals surface area contributed by atoms with Crippen molar-refractivity contribution in [2.24, 2.45) is 11.3 Å². The van der Waals surface area contributed by atoms with E-state index >= 15 is 0 Å². The summed E-state index contributed by atoms with van der Waals surface area (Å²) in [5.41, 5.74) is 3.90. The van der Waals surface area contributed by atoms with Crippen molar-refractivity contribution in [3.8, 4) is 0 Å². The van der Waals surface area contributed by atoms with Crippen molar-refractivity contribution in [1.29, 1.82) is 0 Å². The van der Waals surface area contributed by atoms with Crippen LogP contribution < -0.4 is 5.43 Å². The predicted molar refractivity (Wildman–Crippen MR) is 99.7 cm³/mol. The first-order valence-electron chi connectivity index (χ1n) is 9.22. The molecule has 0 bridgehead atoms. The molecule has 3 nitrogen and oxygen atoms in total. The van der Waals surface area contributed by atoms with Crippen molar-refractivity contribution < 1.29 is 0 Å². The number of hydrogen-bond donors (Lipinski definition) is 1. The molecule has 1 N–H and O–H groups in total. The van der Waals surface area contributed by atoms with Gasteiger partial charge >= 0.3 is 0 Å². The van der Waals surface area contributed by atoms with E-state index in [0.717, 1.165) is 18.5 Å². The van der Waals surface area contributed by atoms with Gasteiger partial charge in [-0.15, -0.1) is 0 Å². The van der Waals surface area contributed by atoms with E-state index in [1.165, 1.54) is 6.42 Å². The Balaban J connectivity index is 0.00000102. The molecular weight excluding hydrogens is 270 g/mol. The lowest BCUT2D eigenvalue weighted by atomic mass is 9.88. The van der Waals surface area contributed by atoms with Crippen LogP contribution in [0.1, 0.15) is 68.7 Å². The summed E-state index contributed by atoms with van der Waals surface area (Å²) >= 11 is 0. The van der Waals surface area contributed by atoms with Crippen molar-refractivity contribution in [2.45, 2.75) is 86.9 Å². The third-order valence-corrected chi connectivity index (χ3v) is 4.79. The topological polar surface area (TPSA) is 18.5 Å². The Morgan fingerprint density at radius 2 is 1.64 bits per heavy atom. The van der Waals surface area contributed by atoms with Gasteiger partial charge in [0.25, 0.3) is 0 Å². The smallest absolute Gasteiger partial charge is 0.0508 e. The van der Waals surface area contributed by atoms with Gasteiger partial charge in [0.15, 0.2) is 0 Å². The van der Waals surface area contributed by atoms with Crippen LogP contribution in [-0.4, -0.2) is 41.6 Å². The van der Waals surface area contributed by atoms with Crippen molar-refractivity contribution in [3.05, 3.63) is 12.3 Å². The number of rotatable bonds is 2. The third kappa shape index (κ3) is 5.58. The van der Waals surface area contributed by atoms with Crippen LogP contribution in [0.2, 0.25) is 0 Å². The molecule has 2 heterocycles. The van der Waals surface area contributed by atoms with Crippen LogP contribution in [0.25, 0.3) is 0 Å². The first-order valence-corrected chi connectivity index (χ1v) is 9.22. The lowest BCUT2D eigenvalue weighted by Gasteiger charge is -2.31. The lowest BCUT2D eigenvalue weighted by molar-refractivity contribution is 0.167. The van der Waals surface area contributed by atoms with Gasteiger partial charge in [-0.1, -0.05) is 48.5 Å². The Morgan fingerprint density at radius 1 is 1.09 bits per heavy atom. The Bertz CT molecular complexity index is 319. The highest BCUT2D eigenvalue weighted by molar-refractivity contribution is 5.04. The second-order valence-electron chi connectivity index (χ2n) is 7.22. The van der Waals surface area contributed by atoms with Gasteiger partial charge < -0.3 is 9.91 Å². The zero-order chi connectivity index (χ0) is 17.5. The molecule has 0 saturated carbocycles. The summed E-state index contributed by atoms with van der Waals surface area (Å²) in [4.78, 5) is 2.51. The maximum absolute atomic E-state index is 3.61. The second kappa shape index (κ2) is 9.57. The molecule has 4 atom stereocenters.